The van der Waals surface area contributed by atoms with E-state index in [1.54, 1.807) is 13.0 Å². The van der Waals surface area contributed by atoms with Gasteiger partial charge in [-0.3, -0.25) is 4.90 Å². The van der Waals surface area contributed by atoms with Gasteiger partial charge in [-0.2, -0.15) is 0 Å². The molecule has 0 fully saturated rings. The van der Waals surface area contributed by atoms with Gasteiger partial charge in [-0.1, -0.05) is 48.5 Å². The van der Waals surface area contributed by atoms with Crippen LogP contribution in [-0.4, -0.2) is 53.4 Å². The predicted molar refractivity (Wildman–Crippen MR) is 154 cm³/mol. The van der Waals surface area contributed by atoms with Crippen LogP contribution in [0, 0.1) is 0 Å². The third-order valence-electron chi connectivity index (χ3n) is 6.58. The first kappa shape index (κ1) is 30.0. The first-order chi connectivity index (χ1) is 18.4. The summed E-state index contributed by atoms with van der Waals surface area (Å²) in [5.41, 5.74) is 2.72. The number of aliphatic hydroxyl groups is 1. The number of hydrogen-bond acceptors (Lipinski definition) is 7. The molecule has 0 aliphatic heterocycles. The summed E-state index contributed by atoms with van der Waals surface area (Å²) in [5, 5.41) is 22.3. The van der Waals surface area contributed by atoms with Crippen LogP contribution < -0.4 is 4.74 Å². The smallest absolute Gasteiger partial charge is 0.344 e. The fraction of sp³-hybridized carbons (Fsp3) is 0.323. The summed E-state index contributed by atoms with van der Waals surface area (Å²) in [6.07, 6.45) is 0.587. The van der Waals surface area contributed by atoms with E-state index in [1.807, 2.05) is 72.8 Å². The third kappa shape index (κ3) is 8.48. The molecule has 8 heteroatoms. The van der Waals surface area contributed by atoms with Crippen molar-refractivity contribution in [2.24, 2.45) is 0 Å². The highest BCUT2D eigenvalue weighted by Gasteiger charge is 2.22. The first-order valence-corrected chi connectivity index (χ1v) is 13.0. The lowest BCUT2D eigenvalue weighted by molar-refractivity contribution is -0.145. The quantitative estimate of drug-likeness (QED) is 0.205. The average molecular weight is 554 g/mol. The number of aliphatic hydroxyl groups excluding tert-OH is 1. The number of phenolic OH excluding ortho intramolecular Hbond substituents is 1. The Morgan fingerprint density at radius 2 is 1.74 bits per heavy atom. The second-order valence-corrected chi connectivity index (χ2v) is 9.37. The minimum absolute atomic E-state index is 0. The molecule has 0 radical (unpaired) electrons. The van der Waals surface area contributed by atoms with Gasteiger partial charge >= 0.3 is 5.97 Å². The molecule has 0 saturated heterocycles. The maximum atomic E-state index is 11.5. The largest absolute Gasteiger partial charge is 0.508 e. The monoisotopic (exact) mass is 553 g/mol. The van der Waals surface area contributed by atoms with E-state index >= 15 is 0 Å². The summed E-state index contributed by atoms with van der Waals surface area (Å²) in [4.78, 5) is 13.8. The number of benzene rings is 3. The number of ether oxygens (including phenoxy) is 2. The lowest BCUT2D eigenvalue weighted by Crippen LogP contribution is -2.39. The number of carbonyl (C=O) groups is 1. The van der Waals surface area contributed by atoms with Gasteiger partial charge in [-0.05, 0) is 68.1 Å². The molecule has 4 aromatic rings. The van der Waals surface area contributed by atoms with E-state index in [2.05, 4.69) is 11.8 Å². The van der Waals surface area contributed by atoms with Gasteiger partial charge in [0.25, 0.3) is 0 Å². The first-order valence-electron chi connectivity index (χ1n) is 13.0. The van der Waals surface area contributed by atoms with Gasteiger partial charge in [-0.25, -0.2) is 4.79 Å². The lowest BCUT2D eigenvalue weighted by atomic mass is 10.0. The van der Waals surface area contributed by atoms with Crippen molar-refractivity contribution in [1.29, 1.82) is 0 Å². The van der Waals surface area contributed by atoms with Crippen molar-refractivity contribution in [3.8, 4) is 11.5 Å². The standard InChI is InChI=1S/C31H35NO6.ClH/c1-3-36-31(35)21-37-26-14-12-23(13-15-26)18-22(2)32(17-16-24-8-4-6-10-27(24)33)20-28(34)30-19-25-9-5-7-11-29(25)38-30;/h4-15,19,22,28,33-34H,3,16-18,20-21H2,1-2H3;1H/t22-,28-;/m1./s1. The van der Waals surface area contributed by atoms with Crippen LogP contribution in [0.1, 0.15) is 36.8 Å². The van der Waals surface area contributed by atoms with Crippen LogP contribution in [-0.2, 0) is 22.4 Å². The second-order valence-electron chi connectivity index (χ2n) is 9.37. The van der Waals surface area contributed by atoms with Crippen molar-refractivity contribution in [2.75, 3.05) is 26.3 Å². The molecular weight excluding hydrogens is 518 g/mol. The molecule has 0 saturated carbocycles. The molecule has 3 aromatic carbocycles. The number of halogens is 1. The lowest BCUT2D eigenvalue weighted by Gasteiger charge is -2.31. The summed E-state index contributed by atoms with van der Waals surface area (Å²) in [6.45, 7) is 5.12. The average Bonchev–Trinajstić information content (AvgIpc) is 3.36. The Morgan fingerprint density at radius 3 is 2.46 bits per heavy atom. The highest BCUT2D eigenvalue weighted by Crippen LogP contribution is 2.26. The molecule has 0 aliphatic rings. The molecule has 39 heavy (non-hydrogen) atoms. The predicted octanol–water partition coefficient (Wildman–Crippen LogP) is 5.71. The molecule has 2 atom stereocenters. The second kappa shape index (κ2) is 14.6. The van der Waals surface area contributed by atoms with Crippen LogP contribution in [0.2, 0.25) is 0 Å². The Balaban J connectivity index is 0.00000420. The number of rotatable bonds is 13. The zero-order valence-electron chi connectivity index (χ0n) is 22.3. The number of aromatic hydroxyl groups is 1. The highest BCUT2D eigenvalue weighted by atomic mass is 35.5. The van der Waals surface area contributed by atoms with Gasteiger partial charge in [-0.15, -0.1) is 12.4 Å². The number of phenols is 1. The van der Waals surface area contributed by atoms with E-state index in [1.165, 1.54) is 0 Å². The van der Waals surface area contributed by atoms with Crippen molar-refractivity contribution >= 4 is 29.3 Å². The maximum Gasteiger partial charge on any atom is 0.344 e. The molecule has 0 spiro atoms. The van der Waals surface area contributed by atoms with E-state index in [4.69, 9.17) is 13.9 Å². The SMILES string of the molecule is CCOC(=O)COc1ccc(C[C@@H](C)N(CCc2ccccc2O)C[C@@H](O)c2cc3ccccc3o2)cc1.Cl. The molecule has 0 bridgehead atoms. The van der Waals surface area contributed by atoms with Crippen LogP contribution in [0.15, 0.2) is 83.3 Å². The molecule has 2 N–H and O–H groups in total. The Morgan fingerprint density at radius 1 is 1.03 bits per heavy atom. The molecule has 1 heterocycles. The van der Waals surface area contributed by atoms with Crippen molar-refractivity contribution < 1.29 is 28.9 Å². The number of carbonyl (C=O) groups excluding carboxylic acids is 1. The summed E-state index contributed by atoms with van der Waals surface area (Å²) in [5.74, 6) is 1.02. The van der Waals surface area contributed by atoms with E-state index in [0.29, 0.717) is 37.6 Å². The van der Waals surface area contributed by atoms with Crippen molar-refractivity contribution in [2.45, 2.75) is 38.8 Å². The summed E-state index contributed by atoms with van der Waals surface area (Å²) < 4.78 is 16.3. The van der Waals surface area contributed by atoms with Crippen molar-refractivity contribution in [1.82, 2.24) is 4.90 Å². The number of esters is 1. The minimum Gasteiger partial charge on any atom is -0.508 e. The minimum atomic E-state index is -0.798. The molecule has 208 valence electrons. The van der Waals surface area contributed by atoms with Gasteiger partial charge in [0, 0.05) is 24.5 Å². The van der Waals surface area contributed by atoms with Crippen LogP contribution in [0.3, 0.4) is 0 Å². The molecule has 4 rings (SSSR count). The number of para-hydroxylation sites is 2. The summed E-state index contributed by atoms with van der Waals surface area (Å²) in [7, 11) is 0. The van der Waals surface area contributed by atoms with Gasteiger partial charge in [0.15, 0.2) is 6.61 Å². The zero-order chi connectivity index (χ0) is 26.9. The molecule has 0 amide bonds. The fourth-order valence-corrected chi connectivity index (χ4v) is 4.49. The van der Waals surface area contributed by atoms with Gasteiger partial charge < -0.3 is 24.1 Å². The number of fused-ring (bicyclic) bond motifs is 1. The molecule has 7 nitrogen and oxygen atoms in total. The normalized spacial score (nSPS) is 12.6. The summed E-state index contributed by atoms with van der Waals surface area (Å²) in [6, 6.07) is 24.7. The Bertz CT molecular complexity index is 1290. The Hall–Kier alpha value is -3.52. The van der Waals surface area contributed by atoms with Crippen LogP contribution in [0.25, 0.3) is 11.0 Å². The van der Waals surface area contributed by atoms with E-state index in [9.17, 15) is 15.0 Å². The Labute approximate surface area is 235 Å². The molecule has 1 aromatic heterocycles. The fourth-order valence-electron chi connectivity index (χ4n) is 4.49. The third-order valence-corrected chi connectivity index (χ3v) is 6.58. The highest BCUT2D eigenvalue weighted by molar-refractivity contribution is 5.85. The number of nitrogens with zero attached hydrogens (tertiary/aromatic N) is 1. The molecular formula is C31H36ClNO6. The van der Waals surface area contributed by atoms with Gasteiger partial charge in [0.05, 0.1) is 6.61 Å². The molecule has 0 aliphatic carbocycles. The maximum absolute atomic E-state index is 11.5. The zero-order valence-corrected chi connectivity index (χ0v) is 23.1. The van der Waals surface area contributed by atoms with E-state index in [-0.39, 0.29) is 30.8 Å². The van der Waals surface area contributed by atoms with Crippen LogP contribution in [0.4, 0.5) is 0 Å². The number of hydrogen-bond donors (Lipinski definition) is 2. The van der Waals surface area contributed by atoms with E-state index < -0.39 is 12.1 Å². The van der Waals surface area contributed by atoms with Crippen LogP contribution >= 0.6 is 12.4 Å². The van der Waals surface area contributed by atoms with Gasteiger partial charge in [0.2, 0.25) is 0 Å². The number of furan rings is 1. The van der Waals surface area contributed by atoms with Gasteiger partial charge in [0.1, 0.15) is 28.9 Å². The van der Waals surface area contributed by atoms with E-state index in [0.717, 1.165) is 28.5 Å². The summed E-state index contributed by atoms with van der Waals surface area (Å²) >= 11 is 0. The van der Waals surface area contributed by atoms with Crippen molar-refractivity contribution in [3.05, 3.63) is 95.7 Å². The van der Waals surface area contributed by atoms with Crippen LogP contribution in [0.5, 0.6) is 11.5 Å². The Kier molecular flexibility index (Phi) is 11.2. The topological polar surface area (TPSA) is 92.4 Å². The molecule has 0 unspecified atom stereocenters. The van der Waals surface area contributed by atoms with Crippen molar-refractivity contribution in [3.63, 3.8) is 0 Å².